The summed E-state index contributed by atoms with van der Waals surface area (Å²) in [7, 11) is 1.63. The second kappa shape index (κ2) is 7.98. The molecule has 6 nitrogen and oxygen atoms in total. The van der Waals surface area contributed by atoms with E-state index in [-0.39, 0.29) is 17.5 Å². The molecule has 0 aromatic heterocycles. The Bertz CT molecular complexity index is 672. The van der Waals surface area contributed by atoms with Gasteiger partial charge in [-0.3, -0.25) is 4.79 Å². The third-order valence-electron chi connectivity index (χ3n) is 4.64. The standard InChI is InChI=1S/C20H31N3O3/c1-14-11-16(17(26-6)12-15(14)2)13-18(24)22-7-9-23(10-8-22)19(25)21-20(3,4)5/h11-12H,7-10,13H2,1-6H3,(H,21,25). The molecular weight excluding hydrogens is 330 g/mol. The minimum atomic E-state index is -0.260. The van der Waals surface area contributed by atoms with E-state index in [4.69, 9.17) is 4.74 Å². The summed E-state index contributed by atoms with van der Waals surface area (Å²) in [5, 5.41) is 2.97. The third kappa shape index (κ3) is 5.13. The SMILES string of the molecule is COc1cc(C)c(C)cc1CC(=O)N1CCN(C(=O)NC(C)(C)C)CC1. The van der Waals surface area contributed by atoms with Crippen molar-refractivity contribution in [3.8, 4) is 5.75 Å². The van der Waals surface area contributed by atoms with E-state index in [9.17, 15) is 9.59 Å². The fourth-order valence-electron chi connectivity index (χ4n) is 3.01. The topological polar surface area (TPSA) is 61.9 Å². The molecule has 1 aromatic carbocycles. The molecule has 1 heterocycles. The summed E-state index contributed by atoms with van der Waals surface area (Å²) in [6.45, 7) is 12.2. The highest BCUT2D eigenvalue weighted by molar-refractivity contribution is 5.80. The average Bonchev–Trinajstić information content (AvgIpc) is 2.56. The second-order valence-electron chi connectivity index (χ2n) is 7.97. The van der Waals surface area contributed by atoms with Crippen LogP contribution in [-0.2, 0) is 11.2 Å². The number of carbonyl (C=O) groups excluding carboxylic acids is 2. The number of amides is 3. The Morgan fingerprint density at radius 3 is 2.12 bits per heavy atom. The van der Waals surface area contributed by atoms with Crippen LogP contribution in [0.2, 0.25) is 0 Å². The minimum absolute atomic E-state index is 0.0690. The van der Waals surface area contributed by atoms with Crippen molar-refractivity contribution in [2.75, 3.05) is 33.3 Å². The number of hydrogen-bond donors (Lipinski definition) is 1. The van der Waals surface area contributed by atoms with Crippen LogP contribution in [0.1, 0.15) is 37.5 Å². The summed E-state index contributed by atoms with van der Waals surface area (Å²) in [6.07, 6.45) is 0.318. The van der Waals surface area contributed by atoms with Crippen molar-refractivity contribution in [3.63, 3.8) is 0 Å². The number of nitrogens with zero attached hydrogens (tertiary/aromatic N) is 2. The van der Waals surface area contributed by atoms with Gasteiger partial charge in [-0.25, -0.2) is 4.79 Å². The normalized spacial score (nSPS) is 15.0. The zero-order valence-corrected chi connectivity index (χ0v) is 16.8. The quantitative estimate of drug-likeness (QED) is 0.900. The highest BCUT2D eigenvalue weighted by Crippen LogP contribution is 2.24. The van der Waals surface area contributed by atoms with Crippen LogP contribution < -0.4 is 10.1 Å². The van der Waals surface area contributed by atoms with E-state index in [2.05, 4.69) is 5.32 Å². The first-order valence-electron chi connectivity index (χ1n) is 9.09. The molecule has 2 rings (SSSR count). The maximum absolute atomic E-state index is 12.7. The van der Waals surface area contributed by atoms with Crippen molar-refractivity contribution in [1.29, 1.82) is 0 Å². The first kappa shape index (κ1) is 20.1. The molecule has 6 heteroatoms. The maximum atomic E-state index is 12.7. The molecular formula is C20H31N3O3. The minimum Gasteiger partial charge on any atom is -0.496 e. The highest BCUT2D eigenvalue weighted by Gasteiger charge is 2.26. The average molecular weight is 361 g/mol. The summed E-state index contributed by atoms with van der Waals surface area (Å²) in [6, 6.07) is 3.94. The predicted molar refractivity (Wildman–Crippen MR) is 103 cm³/mol. The van der Waals surface area contributed by atoms with E-state index in [1.807, 2.05) is 51.7 Å². The number of hydrogen-bond acceptors (Lipinski definition) is 3. The van der Waals surface area contributed by atoms with Gasteiger partial charge >= 0.3 is 6.03 Å². The zero-order chi connectivity index (χ0) is 19.5. The van der Waals surface area contributed by atoms with Gasteiger partial charge in [0, 0.05) is 37.3 Å². The fourth-order valence-corrected chi connectivity index (χ4v) is 3.01. The zero-order valence-electron chi connectivity index (χ0n) is 16.8. The van der Waals surface area contributed by atoms with Crippen LogP contribution in [0.5, 0.6) is 5.75 Å². The van der Waals surface area contributed by atoms with E-state index in [1.54, 1.807) is 12.0 Å². The number of benzene rings is 1. The molecule has 1 aromatic rings. The van der Waals surface area contributed by atoms with Gasteiger partial charge in [0.15, 0.2) is 0 Å². The van der Waals surface area contributed by atoms with E-state index >= 15 is 0 Å². The van der Waals surface area contributed by atoms with Crippen molar-refractivity contribution in [2.45, 2.75) is 46.6 Å². The van der Waals surface area contributed by atoms with E-state index in [0.717, 1.165) is 22.4 Å². The largest absolute Gasteiger partial charge is 0.496 e. The van der Waals surface area contributed by atoms with Gasteiger partial charge in [-0.2, -0.15) is 0 Å². The molecule has 0 bridgehead atoms. The van der Waals surface area contributed by atoms with Gasteiger partial charge in [-0.1, -0.05) is 6.07 Å². The molecule has 144 valence electrons. The molecule has 0 spiro atoms. The lowest BCUT2D eigenvalue weighted by Crippen LogP contribution is -2.56. The first-order chi connectivity index (χ1) is 12.1. The molecule has 26 heavy (non-hydrogen) atoms. The van der Waals surface area contributed by atoms with Crippen molar-refractivity contribution >= 4 is 11.9 Å². The van der Waals surface area contributed by atoms with Gasteiger partial charge in [0.05, 0.1) is 13.5 Å². The summed E-state index contributed by atoms with van der Waals surface area (Å²) < 4.78 is 5.43. The number of ether oxygens (including phenoxy) is 1. The molecule has 3 amide bonds. The maximum Gasteiger partial charge on any atom is 0.317 e. The van der Waals surface area contributed by atoms with Gasteiger partial charge in [0.2, 0.25) is 5.91 Å². The Balaban J connectivity index is 1.95. The number of piperazine rings is 1. The lowest BCUT2D eigenvalue weighted by atomic mass is 10.0. The number of methoxy groups -OCH3 is 1. The fraction of sp³-hybridized carbons (Fsp3) is 0.600. The van der Waals surface area contributed by atoms with Gasteiger partial charge in [-0.05, 0) is 51.8 Å². The molecule has 1 aliphatic rings. The van der Waals surface area contributed by atoms with Crippen LogP contribution >= 0.6 is 0 Å². The van der Waals surface area contributed by atoms with Crippen LogP contribution in [0, 0.1) is 13.8 Å². The number of carbonyl (C=O) groups is 2. The Hall–Kier alpha value is -2.24. The Morgan fingerprint density at radius 2 is 1.58 bits per heavy atom. The van der Waals surface area contributed by atoms with Gasteiger partial charge < -0.3 is 19.9 Å². The highest BCUT2D eigenvalue weighted by atomic mass is 16.5. The van der Waals surface area contributed by atoms with E-state index in [0.29, 0.717) is 32.6 Å². The van der Waals surface area contributed by atoms with Gasteiger partial charge in [0.1, 0.15) is 5.75 Å². The lowest BCUT2D eigenvalue weighted by Gasteiger charge is -2.36. The van der Waals surface area contributed by atoms with E-state index in [1.165, 1.54) is 0 Å². The summed E-state index contributed by atoms with van der Waals surface area (Å²) in [5.41, 5.74) is 2.95. The molecule has 1 fully saturated rings. The van der Waals surface area contributed by atoms with Crippen LogP contribution in [0.15, 0.2) is 12.1 Å². The van der Waals surface area contributed by atoms with Gasteiger partial charge in [0.25, 0.3) is 0 Å². The smallest absolute Gasteiger partial charge is 0.317 e. The molecule has 0 saturated carbocycles. The molecule has 0 radical (unpaired) electrons. The molecule has 1 aliphatic heterocycles. The number of urea groups is 1. The van der Waals surface area contributed by atoms with Crippen molar-refractivity contribution in [1.82, 2.24) is 15.1 Å². The Morgan fingerprint density at radius 1 is 1.04 bits per heavy atom. The summed E-state index contributed by atoms with van der Waals surface area (Å²) in [5.74, 6) is 0.826. The second-order valence-corrected chi connectivity index (χ2v) is 7.97. The van der Waals surface area contributed by atoms with Crippen LogP contribution in [0.4, 0.5) is 4.79 Å². The van der Waals surface area contributed by atoms with Crippen molar-refractivity contribution in [2.24, 2.45) is 0 Å². The van der Waals surface area contributed by atoms with Gasteiger partial charge in [-0.15, -0.1) is 0 Å². The van der Waals surface area contributed by atoms with Crippen molar-refractivity contribution < 1.29 is 14.3 Å². The molecule has 0 unspecified atom stereocenters. The molecule has 1 saturated heterocycles. The first-order valence-corrected chi connectivity index (χ1v) is 9.09. The molecule has 0 aliphatic carbocycles. The van der Waals surface area contributed by atoms with Crippen LogP contribution in [-0.4, -0.2) is 60.6 Å². The van der Waals surface area contributed by atoms with Crippen molar-refractivity contribution in [3.05, 3.63) is 28.8 Å². The Labute approximate surface area is 156 Å². The summed E-state index contributed by atoms with van der Waals surface area (Å²) >= 11 is 0. The monoisotopic (exact) mass is 361 g/mol. The van der Waals surface area contributed by atoms with E-state index < -0.39 is 0 Å². The molecule has 1 N–H and O–H groups in total. The summed E-state index contributed by atoms with van der Waals surface area (Å²) in [4.78, 5) is 28.5. The number of aryl methyl sites for hydroxylation is 2. The molecule has 0 atom stereocenters. The van der Waals surface area contributed by atoms with Crippen LogP contribution in [0.25, 0.3) is 0 Å². The van der Waals surface area contributed by atoms with Crippen LogP contribution in [0.3, 0.4) is 0 Å². The number of rotatable bonds is 3. The lowest BCUT2D eigenvalue weighted by molar-refractivity contribution is -0.131. The third-order valence-corrected chi connectivity index (χ3v) is 4.64. The Kier molecular flexibility index (Phi) is 6.16. The number of nitrogens with one attached hydrogen (secondary N) is 1. The predicted octanol–water partition coefficient (Wildman–Crippen LogP) is 2.51.